The molecule has 3 aliphatic heterocycles. The van der Waals surface area contributed by atoms with E-state index in [4.69, 9.17) is 9.47 Å². The summed E-state index contributed by atoms with van der Waals surface area (Å²) in [7, 11) is 2.79. The van der Waals surface area contributed by atoms with E-state index in [2.05, 4.69) is 0 Å². The molecule has 3 aliphatic rings. The second-order valence-corrected chi connectivity index (χ2v) is 5.69. The molecule has 3 heterocycles. The average Bonchev–Trinajstić information content (AvgIpc) is 2.57. The Bertz CT molecular complexity index is 690. The summed E-state index contributed by atoms with van der Waals surface area (Å²) in [5.74, 6) is 0.565. The zero-order chi connectivity index (χ0) is 16.6. The van der Waals surface area contributed by atoms with Crippen LogP contribution in [0.5, 0.6) is 11.5 Å². The highest BCUT2D eigenvalue weighted by Crippen LogP contribution is 2.39. The predicted molar refractivity (Wildman–Crippen MR) is 83.5 cm³/mol. The van der Waals surface area contributed by atoms with Crippen LogP contribution in [-0.4, -0.2) is 42.9 Å². The molecule has 0 radical (unpaired) electrons. The van der Waals surface area contributed by atoms with Crippen LogP contribution < -0.4 is 9.47 Å². The summed E-state index contributed by atoms with van der Waals surface area (Å²) in [4.78, 5) is 25.2. The number of rotatable bonds is 4. The van der Waals surface area contributed by atoms with Gasteiger partial charge in [0.25, 0.3) is 0 Å². The van der Waals surface area contributed by atoms with Crippen LogP contribution >= 0.6 is 0 Å². The number of ketones is 1. The summed E-state index contributed by atoms with van der Waals surface area (Å²) in [5.41, 5.74) is 1.02. The number of methoxy groups -OCH3 is 2. The summed E-state index contributed by atoms with van der Waals surface area (Å²) < 4.78 is 10.3. The van der Waals surface area contributed by atoms with Gasteiger partial charge in [0.15, 0.2) is 11.5 Å². The lowest BCUT2D eigenvalue weighted by Crippen LogP contribution is -2.45. The monoisotopic (exact) mass is 318 g/mol. The Morgan fingerprint density at radius 3 is 2.48 bits per heavy atom. The first kappa shape index (κ1) is 15.3. The number of carbonyl (C=O) groups excluding carboxylic acids is 1. The van der Waals surface area contributed by atoms with Gasteiger partial charge in [-0.1, -0.05) is 0 Å². The van der Waals surface area contributed by atoms with Crippen LogP contribution in [0.3, 0.4) is 0 Å². The van der Waals surface area contributed by atoms with E-state index in [0.29, 0.717) is 11.3 Å². The number of piperidine rings is 3. The van der Waals surface area contributed by atoms with Crippen LogP contribution in [0.25, 0.3) is 6.08 Å². The Balaban J connectivity index is 2.06. The zero-order valence-corrected chi connectivity index (χ0v) is 13.1. The molecule has 4 rings (SSSR count). The molecule has 0 aliphatic carbocycles. The molecule has 0 aromatic heterocycles. The highest BCUT2D eigenvalue weighted by molar-refractivity contribution is 6.02. The molecule has 0 spiro atoms. The first-order valence-corrected chi connectivity index (χ1v) is 7.46. The third-order valence-electron chi connectivity index (χ3n) is 4.44. The number of allylic oxidation sites excluding steroid dienone is 1. The van der Waals surface area contributed by atoms with Gasteiger partial charge in [-0.3, -0.25) is 14.9 Å². The number of nitrogens with zero attached hydrogens (tertiary/aromatic N) is 2. The number of carbonyl (C=O) groups is 1. The molecule has 0 amide bonds. The third-order valence-corrected chi connectivity index (χ3v) is 4.44. The Labute approximate surface area is 133 Å². The van der Waals surface area contributed by atoms with Crippen molar-refractivity contribution in [1.29, 1.82) is 0 Å². The van der Waals surface area contributed by atoms with Crippen molar-refractivity contribution in [2.45, 2.75) is 12.8 Å². The van der Waals surface area contributed by atoms with E-state index in [1.54, 1.807) is 12.1 Å². The summed E-state index contributed by atoms with van der Waals surface area (Å²) in [6.07, 6.45) is 3.49. The zero-order valence-electron chi connectivity index (χ0n) is 13.1. The lowest BCUT2D eigenvalue weighted by Gasteiger charge is -2.41. The summed E-state index contributed by atoms with van der Waals surface area (Å²) in [5, 5.41) is 11.3. The molecule has 3 saturated heterocycles. The van der Waals surface area contributed by atoms with Gasteiger partial charge in [-0.15, -0.1) is 0 Å². The highest BCUT2D eigenvalue weighted by Gasteiger charge is 2.36. The van der Waals surface area contributed by atoms with E-state index in [1.165, 1.54) is 20.3 Å². The van der Waals surface area contributed by atoms with Crippen molar-refractivity contribution in [3.05, 3.63) is 33.5 Å². The van der Waals surface area contributed by atoms with E-state index in [0.717, 1.165) is 25.9 Å². The second kappa shape index (κ2) is 5.91. The van der Waals surface area contributed by atoms with Crippen molar-refractivity contribution >= 4 is 17.5 Å². The van der Waals surface area contributed by atoms with Crippen LogP contribution in [0.15, 0.2) is 17.8 Å². The molecule has 1 aromatic rings. The van der Waals surface area contributed by atoms with Gasteiger partial charge in [0.1, 0.15) is 0 Å². The summed E-state index contributed by atoms with van der Waals surface area (Å²) in [6, 6.07) is 3.06. The topological polar surface area (TPSA) is 81.9 Å². The first-order valence-electron chi connectivity index (χ1n) is 7.46. The SMILES string of the molecule is COc1cc(/C=C2/C(=O)C3CCN2CC3)cc([N+](=O)[O-])c1OC. The van der Waals surface area contributed by atoms with E-state index in [1.807, 2.05) is 4.90 Å². The quantitative estimate of drug-likeness (QED) is 0.481. The average molecular weight is 318 g/mol. The Hall–Kier alpha value is -2.57. The van der Waals surface area contributed by atoms with Crippen molar-refractivity contribution in [2.75, 3.05) is 27.3 Å². The summed E-state index contributed by atoms with van der Waals surface area (Å²) in [6.45, 7) is 1.72. The van der Waals surface area contributed by atoms with E-state index in [9.17, 15) is 14.9 Å². The van der Waals surface area contributed by atoms with Crippen molar-refractivity contribution < 1.29 is 19.2 Å². The number of fused-ring (bicyclic) bond motifs is 3. The fourth-order valence-corrected chi connectivity index (χ4v) is 3.25. The van der Waals surface area contributed by atoms with Crippen LogP contribution in [0.2, 0.25) is 0 Å². The molecule has 2 bridgehead atoms. The van der Waals surface area contributed by atoms with Crippen LogP contribution in [0.1, 0.15) is 18.4 Å². The normalized spacial score (nSPS) is 19.3. The molecular weight excluding hydrogens is 300 g/mol. The van der Waals surface area contributed by atoms with Gasteiger partial charge in [-0.25, -0.2) is 0 Å². The predicted octanol–water partition coefficient (Wildman–Crippen LogP) is 2.25. The smallest absolute Gasteiger partial charge is 0.315 e. The number of hydrogen-bond donors (Lipinski definition) is 0. The van der Waals surface area contributed by atoms with Crippen molar-refractivity contribution in [1.82, 2.24) is 4.90 Å². The first-order chi connectivity index (χ1) is 11.0. The minimum absolute atomic E-state index is 0.0800. The third kappa shape index (κ3) is 2.62. The van der Waals surface area contributed by atoms with Crippen molar-refractivity contribution in [3.8, 4) is 11.5 Å². The standard InChI is InChI=1S/C16H18N2O5/c1-22-14-9-10(8-13(18(20)21)16(14)23-2)7-12-15(19)11-3-5-17(12)6-4-11/h7-9,11H,3-6H2,1-2H3/b12-7-. The maximum absolute atomic E-state index is 12.4. The molecule has 3 fully saturated rings. The van der Waals surface area contributed by atoms with E-state index >= 15 is 0 Å². The van der Waals surface area contributed by atoms with Gasteiger partial charge >= 0.3 is 5.69 Å². The van der Waals surface area contributed by atoms with E-state index in [-0.39, 0.29) is 28.9 Å². The fourth-order valence-electron chi connectivity index (χ4n) is 3.25. The van der Waals surface area contributed by atoms with Crippen molar-refractivity contribution in [2.24, 2.45) is 5.92 Å². The lowest BCUT2D eigenvalue weighted by molar-refractivity contribution is -0.385. The lowest BCUT2D eigenvalue weighted by atomic mass is 9.84. The molecule has 23 heavy (non-hydrogen) atoms. The largest absolute Gasteiger partial charge is 0.493 e. The van der Waals surface area contributed by atoms with Crippen molar-refractivity contribution in [3.63, 3.8) is 0 Å². The van der Waals surface area contributed by atoms with Gasteiger partial charge in [-0.05, 0) is 30.5 Å². The van der Waals surface area contributed by atoms with Gasteiger partial charge < -0.3 is 14.4 Å². The van der Waals surface area contributed by atoms with Gasteiger partial charge in [0.2, 0.25) is 5.75 Å². The Kier molecular flexibility index (Phi) is 3.94. The van der Waals surface area contributed by atoms with Gasteiger partial charge in [-0.2, -0.15) is 0 Å². The fraction of sp³-hybridized carbons (Fsp3) is 0.438. The van der Waals surface area contributed by atoms with Gasteiger partial charge in [0.05, 0.1) is 24.8 Å². The van der Waals surface area contributed by atoms with Gasteiger partial charge in [0, 0.05) is 25.1 Å². The number of Topliss-reactive ketones (excluding diaryl/α,β-unsaturated/α-hetero) is 1. The number of nitro benzene ring substituents is 1. The molecule has 0 N–H and O–H groups in total. The van der Waals surface area contributed by atoms with Crippen LogP contribution in [0.4, 0.5) is 5.69 Å². The molecule has 7 heteroatoms. The molecule has 0 saturated carbocycles. The maximum Gasteiger partial charge on any atom is 0.315 e. The molecule has 0 atom stereocenters. The van der Waals surface area contributed by atoms with E-state index < -0.39 is 4.92 Å². The molecular formula is C16H18N2O5. The minimum atomic E-state index is -0.515. The highest BCUT2D eigenvalue weighted by atomic mass is 16.6. The molecule has 7 nitrogen and oxygen atoms in total. The maximum atomic E-state index is 12.4. The number of nitro groups is 1. The second-order valence-electron chi connectivity index (χ2n) is 5.69. The minimum Gasteiger partial charge on any atom is -0.493 e. The van der Waals surface area contributed by atoms with Crippen LogP contribution in [-0.2, 0) is 4.79 Å². The summed E-state index contributed by atoms with van der Waals surface area (Å²) >= 11 is 0. The van der Waals surface area contributed by atoms with Crippen LogP contribution in [0, 0.1) is 16.0 Å². The number of benzene rings is 1. The molecule has 1 aromatic carbocycles. The molecule has 0 unspecified atom stereocenters. The molecule has 122 valence electrons. The number of ether oxygens (including phenoxy) is 2. The Morgan fingerprint density at radius 1 is 1.26 bits per heavy atom. The Morgan fingerprint density at radius 2 is 1.96 bits per heavy atom. The number of hydrogen-bond acceptors (Lipinski definition) is 6.